The zero-order valence-corrected chi connectivity index (χ0v) is 15.1. The third-order valence-corrected chi connectivity index (χ3v) is 6.65. The minimum absolute atomic E-state index is 0.0189. The number of thiazole rings is 1. The molecular formula is C13H16F3N5O2S2. The van der Waals surface area contributed by atoms with Crippen LogP contribution < -0.4 is 4.90 Å². The highest BCUT2D eigenvalue weighted by Crippen LogP contribution is 2.33. The molecular weight excluding hydrogens is 379 g/mol. The van der Waals surface area contributed by atoms with Gasteiger partial charge in [-0.3, -0.25) is 0 Å². The lowest BCUT2D eigenvalue weighted by Crippen LogP contribution is -2.48. The minimum atomic E-state index is -4.48. The maximum absolute atomic E-state index is 12.6. The summed E-state index contributed by atoms with van der Waals surface area (Å²) in [7, 11) is -2.00. The fourth-order valence-electron chi connectivity index (χ4n) is 2.44. The van der Waals surface area contributed by atoms with E-state index in [4.69, 9.17) is 0 Å². The molecule has 12 heteroatoms. The van der Waals surface area contributed by atoms with Crippen molar-refractivity contribution in [1.29, 1.82) is 0 Å². The number of aryl methyl sites for hydroxylation is 2. The molecule has 0 atom stereocenters. The molecule has 2 aromatic heterocycles. The predicted molar refractivity (Wildman–Crippen MR) is 86.0 cm³/mol. The molecule has 0 amide bonds. The van der Waals surface area contributed by atoms with Gasteiger partial charge in [-0.1, -0.05) is 0 Å². The van der Waals surface area contributed by atoms with Gasteiger partial charge in [0.15, 0.2) is 15.9 Å². The molecule has 0 bridgehead atoms. The third kappa shape index (κ3) is 3.51. The second-order valence-corrected chi connectivity index (χ2v) is 8.36. The van der Waals surface area contributed by atoms with Crippen LogP contribution in [-0.2, 0) is 23.2 Å². The third-order valence-electron chi connectivity index (χ3n) is 3.98. The molecule has 3 heterocycles. The maximum atomic E-state index is 12.6. The maximum Gasteiger partial charge on any atom is 0.434 e. The number of anilines is 1. The van der Waals surface area contributed by atoms with E-state index in [0.717, 1.165) is 16.7 Å². The highest BCUT2D eigenvalue weighted by atomic mass is 32.2. The molecule has 0 N–H and O–H groups in total. The number of rotatable bonds is 3. The van der Waals surface area contributed by atoms with E-state index in [9.17, 15) is 21.6 Å². The Morgan fingerprint density at radius 2 is 1.80 bits per heavy atom. The van der Waals surface area contributed by atoms with Crippen LogP contribution in [0.2, 0.25) is 0 Å². The summed E-state index contributed by atoms with van der Waals surface area (Å²) in [5, 5.41) is 1.20. The number of piperazine rings is 1. The van der Waals surface area contributed by atoms with Gasteiger partial charge in [-0.2, -0.15) is 17.5 Å². The Morgan fingerprint density at radius 3 is 2.28 bits per heavy atom. The summed E-state index contributed by atoms with van der Waals surface area (Å²) >= 11 is 0.905. The average Bonchev–Trinajstić information content (AvgIpc) is 3.15. The minimum Gasteiger partial charge on any atom is -0.345 e. The van der Waals surface area contributed by atoms with Crippen molar-refractivity contribution >= 4 is 26.5 Å². The lowest BCUT2D eigenvalue weighted by atomic mass is 10.4. The standard InChI is InChI=1S/C13H16F3N5O2S2/c1-9-17-11(7-19(9)2)25(22,23)21-5-3-20(4-6-21)12-18-10(8-24-12)13(14,15)16/h7-8H,3-6H2,1-2H3. The van der Waals surface area contributed by atoms with Crippen molar-refractivity contribution in [3.63, 3.8) is 0 Å². The normalized spacial score (nSPS) is 17.2. The van der Waals surface area contributed by atoms with Crippen LogP contribution in [0.5, 0.6) is 0 Å². The molecule has 2 aromatic rings. The van der Waals surface area contributed by atoms with E-state index in [1.807, 2.05) is 0 Å². The van der Waals surface area contributed by atoms with Gasteiger partial charge in [-0.25, -0.2) is 18.4 Å². The van der Waals surface area contributed by atoms with Gasteiger partial charge < -0.3 is 9.47 Å². The molecule has 138 valence electrons. The fourth-order valence-corrected chi connectivity index (χ4v) is 4.78. The highest BCUT2D eigenvalue weighted by Gasteiger charge is 2.35. The molecule has 1 aliphatic rings. The summed E-state index contributed by atoms with van der Waals surface area (Å²) in [5.74, 6) is 0.583. The van der Waals surface area contributed by atoms with Gasteiger partial charge in [0, 0.05) is 44.8 Å². The van der Waals surface area contributed by atoms with Gasteiger partial charge in [0.1, 0.15) is 5.82 Å². The number of sulfonamides is 1. The van der Waals surface area contributed by atoms with E-state index in [-0.39, 0.29) is 36.3 Å². The Labute approximate surface area is 146 Å². The van der Waals surface area contributed by atoms with E-state index in [2.05, 4.69) is 9.97 Å². The van der Waals surface area contributed by atoms with Crippen LogP contribution in [0.1, 0.15) is 11.5 Å². The summed E-state index contributed by atoms with van der Waals surface area (Å²) in [6.07, 6.45) is -3.02. The first kappa shape index (κ1) is 18.1. The molecule has 0 aliphatic carbocycles. The summed E-state index contributed by atoms with van der Waals surface area (Å²) in [4.78, 5) is 9.31. The van der Waals surface area contributed by atoms with E-state index >= 15 is 0 Å². The number of halogens is 3. The van der Waals surface area contributed by atoms with Crippen molar-refractivity contribution in [3.05, 3.63) is 23.1 Å². The van der Waals surface area contributed by atoms with Crippen molar-refractivity contribution in [2.45, 2.75) is 18.1 Å². The molecule has 0 spiro atoms. The molecule has 1 saturated heterocycles. The first-order chi connectivity index (χ1) is 11.6. The van der Waals surface area contributed by atoms with Crippen molar-refractivity contribution < 1.29 is 21.6 Å². The van der Waals surface area contributed by atoms with Gasteiger partial charge in [-0.15, -0.1) is 11.3 Å². The Morgan fingerprint density at radius 1 is 1.16 bits per heavy atom. The van der Waals surface area contributed by atoms with Crippen molar-refractivity contribution in [3.8, 4) is 0 Å². The van der Waals surface area contributed by atoms with Crippen LogP contribution in [0.4, 0.5) is 18.3 Å². The van der Waals surface area contributed by atoms with Crippen LogP contribution in [0, 0.1) is 6.92 Å². The number of alkyl halides is 3. The van der Waals surface area contributed by atoms with Crippen molar-refractivity contribution in [1.82, 2.24) is 18.8 Å². The predicted octanol–water partition coefficient (Wildman–Crippen LogP) is 1.71. The van der Waals surface area contributed by atoms with E-state index in [1.165, 1.54) is 10.5 Å². The van der Waals surface area contributed by atoms with E-state index in [0.29, 0.717) is 5.82 Å². The molecule has 0 unspecified atom stereocenters. The van der Waals surface area contributed by atoms with E-state index in [1.54, 1.807) is 23.4 Å². The quantitative estimate of drug-likeness (QED) is 0.791. The number of nitrogens with zero attached hydrogens (tertiary/aromatic N) is 5. The van der Waals surface area contributed by atoms with Gasteiger partial charge in [0.2, 0.25) is 0 Å². The van der Waals surface area contributed by atoms with Crippen LogP contribution in [0.15, 0.2) is 16.6 Å². The molecule has 0 radical (unpaired) electrons. The Kier molecular flexibility index (Phi) is 4.54. The fraction of sp³-hybridized carbons (Fsp3) is 0.538. The van der Waals surface area contributed by atoms with Gasteiger partial charge in [-0.05, 0) is 6.92 Å². The molecule has 3 rings (SSSR count). The highest BCUT2D eigenvalue weighted by molar-refractivity contribution is 7.89. The Balaban J connectivity index is 1.70. The summed E-state index contributed by atoms with van der Waals surface area (Å²) in [6.45, 7) is 2.58. The van der Waals surface area contributed by atoms with Crippen LogP contribution in [0.3, 0.4) is 0 Å². The number of aromatic nitrogens is 3. The molecule has 0 aromatic carbocycles. The van der Waals surface area contributed by atoms with Crippen LogP contribution in [0.25, 0.3) is 0 Å². The zero-order valence-electron chi connectivity index (χ0n) is 13.5. The second kappa shape index (κ2) is 6.25. The first-order valence-electron chi connectivity index (χ1n) is 7.37. The molecule has 25 heavy (non-hydrogen) atoms. The summed E-state index contributed by atoms with van der Waals surface area (Å²) in [6, 6.07) is 0. The molecule has 1 fully saturated rings. The van der Waals surface area contributed by atoms with Crippen molar-refractivity contribution in [2.75, 3.05) is 31.1 Å². The Hall–Kier alpha value is -1.66. The van der Waals surface area contributed by atoms with E-state index < -0.39 is 21.9 Å². The van der Waals surface area contributed by atoms with Gasteiger partial charge >= 0.3 is 6.18 Å². The molecule has 7 nitrogen and oxygen atoms in total. The molecule has 0 saturated carbocycles. The monoisotopic (exact) mass is 395 g/mol. The Bertz CT molecular complexity index is 847. The smallest absolute Gasteiger partial charge is 0.345 e. The van der Waals surface area contributed by atoms with Crippen molar-refractivity contribution in [2.24, 2.45) is 7.05 Å². The van der Waals surface area contributed by atoms with Crippen LogP contribution in [-0.4, -0.2) is 53.4 Å². The second-order valence-electron chi connectivity index (χ2n) is 5.64. The molecule has 1 aliphatic heterocycles. The number of hydrogen-bond acceptors (Lipinski definition) is 6. The largest absolute Gasteiger partial charge is 0.434 e. The summed E-state index contributed by atoms with van der Waals surface area (Å²) in [5.41, 5.74) is -0.925. The van der Waals surface area contributed by atoms with Gasteiger partial charge in [0.05, 0.1) is 0 Å². The summed E-state index contributed by atoms with van der Waals surface area (Å²) < 4.78 is 66.0. The lowest BCUT2D eigenvalue weighted by Gasteiger charge is -2.33. The SMILES string of the molecule is Cc1nc(S(=O)(=O)N2CCN(c3nc(C(F)(F)F)cs3)CC2)cn1C. The first-order valence-corrected chi connectivity index (χ1v) is 9.69. The lowest BCUT2D eigenvalue weighted by molar-refractivity contribution is -0.140. The number of hydrogen-bond donors (Lipinski definition) is 0. The topological polar surface area (TPSA) is 71.3 Å². The van der Waals surface area contributed by atoms with Gasteiger partial charge in [0.25, 0.3) is 10.0 Å². The average molecular weight is 395 g/mol. The number of imidazole rings is 1. The zero-order chi connectivity index (χ0) is 18.4. The van der Waals surface area contributed by atoms with Crippen LogP contribution >= 0.6 is 11.3 Å².